The molecule has 3 rings (SSSR count). The van der Waals surface area contributed by atoms with Crippen molar-refractivity contribution in [2.75, 3.05) is 20.1 Å². The summed E-state index contributed by atoms with van der Waals surface area (Å²) in [6.45, 7) is 5.91. The third-order valence-electron chi connectivity index (χ3n) is 6.13. The number of aliphatic hydroxyl groups is 1. The highest BCUT2D eigenvalue weighted by atomic mass is 19.1. The van der Waals surface area contributed by atoms with Gasteiger partial charge >= 0.3 is 0 Å². The molecule has 28 heavy (non-hydrogen) atoms. The van der Waals surface area contributed by atoms with Gasteiger partial charge in [0.25, 0.3) is 0 Å². The maximum atomic E-state index is 13.6. The first-order valence-electron chi connectivity index (χ1n) is 10.2. The van der Waals surface area contributed by atoms with Crippen molar-refractivity contribution in [3.05, 3.63) is 70.8 Å². The topological polar surface area (TPSA) is 23.5 Å². The van der Waals surface area contributed by atoms with E-state index >= 15 is 0 Å². The summed E-state index contributed by atoms with van der Waals surface area (Å²) in [5.74, 6) is -0.120. The third kappa shape index (κ3) is 4.79. The Morgan fingerprint density at radius 2 is 1.75 bits per heavy atom. The largest absolute Gasteiger partial charge is 0.389 e. The molecule has 1 aliphatic rings. The molecule has 0 radical (unpaired) electrons. The lowest BCUT2D eigenvalue weighted by Crippen LogP contribution is -2.45. The molecule has 0 bridgehead atoms. The van der Waals surface area contributed by atoms with E-state index in [2.05, 4.69) is 25.8 Å². The van der Waals surface area contributed by atoms with Crippen LogP contribution in [0.15, 0.2) is 42.5 Å². The van der Waals surface area contributed by atoms with Gasteiger partial charge in [-0.15, -0.1) is 0 Å². The molecule has 0 spiro atoms. The van der Waals surface area contributed by atoms with Crippen LogP contribution in [0, 0.1) is 17.6 Å². The second-order valence-electron chi connectivity index (χ2n) is 8.60. The molecule has 0 fully saturated rings. The summed E-state index contributed by atoms with van der Waals surface area (Å²) in [7, 11) is 2.06. The van der Waals surface area contributed by atoms with Gasteiger partial charge in [0.1, 0.15) is 11.6 Å². The van der Waals surface area contributed by atoms with Crippen molar-refractivity contribution >= 4 is 0 Å². The van der Waals surface area contributed by atoms with Crippen molar-refractivity contribution in [2.24, 2.45) is 5.92 Å². The van der Waals surface area contributed by atoms with Gasteiger partial charge in [-0.3, -0.25) is 0 Å². The summed E-state index contributed by atoms with van der Waals surface area (Å²) in [6.07, 6.45) is 2.92. The average molecular weight is 388 g/mol. The number of fused-ring (bicyclic) bond motifs is 1. The lowest BCUT2D eigenvalue weighted by molar-refractivity contribution is -0.0300. The molecular formula is C24H31F2NO. The summed E-state index contributed by atoms with van der Waals surface area (Å²) in [5.41, 5.74) is 2.47. The monoisotopic (exact) mass is 387 g/mol. The molecule has 2 aromatic carbocycles. The Hall–Kier alpha value is -1.78. The molecule has 0 saturated heterocycles. The van der Waals surface area contributed by atoms with E-state index in [1.807, 2.05) is 18.2 Å². The quantitative estimate of drug-likeness (QED) is 0.727. The van der Waals surface area contributed by atoms with Crippen molar-refractivity contribution < 1.29 is 13.9 Å². The summed E-state index contributed by atoms with van der Waals surface area (Å²) >= 11 is 0. The average Bonchev–Trinajstić information content (AvgIpc) is 2.66. The van der Waals surface area contributed by atoms with Crippen molar-refractivity contribution in [1.29, 1.82) is 0 Å². The fraction of sp³-hybridized carbons (Fsp3) is 0.500. The van der Waals surface area contributed by atoms with Crippen LogP contribution in [-0.4, -0.2) is 35.7 Å². The van der Waals surface area contributed by atoms with Crippen molar-refractivity contribution in [2.45, 2.75) is 51.0 Å². The highest BCUT2D eigenvalue weighted by Gasteiger charge is 2.43. The van der Waals surface area contributed by atoms with E-state index in [1.165, 1.54) is 18.2 Å². The molecule has 2 aromatic rings. The van der Waals surface area contributed by atoms with Crippen LogP contribution in [0.2, 0.25) is 0 Å². The van der Waals surface area contributed by atoms with E-state index in [-0.39, 0.29) is 23.5 Å². The van der Waals surface area contributed by atoms with Crippen LogP contribution in [0.25, 0.3) is 0 Å². The SMILES string of the molecule is CC(C)[C@H]1c2ccc(F)cc2CC[C@]1(O)CCN(C)CCc1ccc(F)cc1. The van der Waals surface area contributed by atoms with E-state index in [0.717, 1.165) is 36.2 Å². The maximum Gasteiger partial charge on any atom is 0.123 e. The van der Waals surface area contributed by atoms with Crippen LogP contribution in [-0.2, 0) is 12.8 Å². The smallest absolute Gasteiger partial charge is 0.123 e. The van der Waals surface area contributed by atoms with E-state index in [1.54, 1.807) is 6.07 Å². The number of hydrogen-bond donors (Lipinski definition) is 1. The molecule has 2 nitrogen and oxygen atoms in total. The number of aryl methyl sites for hydroxylation is 1. The first-order valence-corrected chi connectivity index (χ1v) is 10.2. The number of halogens is 2. The molecule has 2 atom stereocenters. The fourth-order valence-corrected chi connectivity index (χ4v) is 4.62. The third-order valence-corrected chi connectivity index (χ3v) is 6.13. The Balaban J connectivity index is 1.63. The van der Waals surface area contributed by atoms with Crippen LogP contribution in [0.4, 0.5) is 8.78 Å². The van der Waals surface area contributed by atoms with Gasteiger partial charge in [0.15, 0.2) is 0 Å². The second kappa shape index (κ2) is 8.71. The summed E-state index contributed by atoms with van der Waals surface area (Å²) in [4.78, 5) is 2.22. The minimum Gasteiger partial charge on any atom is -0.389 e. The Morgan fingerprint density at radius 1 is 1.07 bits per heavy atom. The highest BCUT2D eigenvalue weighted by Crippen LogP contribution is 2.45. The van der Waals surface area contributed by atoms with Gasteiger partial charge in [-0.1, -0.05) is 32.0 Å². The van der Waals surface area contributed by atoms with Crippen LogP contribution < -0.4 is 0 Å². The van der Waals surface area contributed by atoms with Gasteiger partial charge < -0.3 is 10.0 Å². The number of nitrogens with zero attached hydrogens (tertiary/aromatic N) is 1. The molecule has 152 valence electrons. The standard InChI is InChI=1S/C24H31F2NO/c1-17(2)23-22-9-8-21(26)16-19(22)10-12-24(23,28)13-15-27(3)14-11-18-4-6-20(25)7-5-18/h4-9,16-17,23,28H,10-15H2,1-3H3/t23-,24-/m0/s1. The Morgan fingerprint density at radius 3 is 2.43 bits per heavy atom. The normalized spacial score (nSPS) is 21.9. The predicted molar refractivity (Wildman–Crippen MR) is 109 cm³/mol. The first kappa shape index (κ1) is 20.9. The van der Waals surface area contributed by atoms with Gasteiger partial charge in [-0.05, 0) is 79.6 Å². The van der Waals surface area contributed by atoms with Crippen molar-refractivity contribution in [1.82, 2.24) is 4.90 Å². The van der Waals surface area contributed by atoms with Crippen molar-refractivity contribution in [3.63, 3.8) is 0 Å². The Labute approximate surface area is 167 Å². The fourth-order valence-electron chi connectivity index (χ4n) is 4.62. The minimum absolute atomic E-state index is 0.0161. The summed E-state index contributed by atoms with van der Waals surface area (Å²) in [6, 6.07) is 11.6. The zero-order valence-electron chi connectivity index (χ0n) is 17.1. The molecule has 1 aliphatic carbocycles. The van der Waals surface area contributed by atoms with Crippen molar-refractivity contribution in [3.8, 4) is 0 Å². The number of hydrogen-bond acceptors (Lipinski definition) is 2. The maximum absolute atomic E-state index is 13.6. The minimum atomic E-state index is -0.775. The van der Waals surface area contributed by atoms with Gasteiger partial charge in [-0.2, -0.15) is 0 Å². The Bertz CT molecular complexity index is 790. The highest BCUT2D eigenvalue weighted by molar-refractivity contribution is 5.37. The number of rotatable bonds is 7. The molecule has 1 N–H and O–H groups in total. The zero-order valence-corrected chi connectivity index (χ0v) is 17.1. The summed E-state index contributed by atoms with van der Waals surface area (Å²) < 4.78 is 26.7. The van der Waals surface area contributed by atoms with Gasteiger partial charge in [0, 0.05) is 19.0 Å². The molecule has 0 aliphatic heterocycles. The van der Waals surface area contributed by atoms with Gasteiger partial charge in [-0.25, -0.2) is 8.78 Å². The van der Waals surface area contributed by atoms with E-state index in [4.69, 9.17) is 0 Å². The molecule has 0 saturated carbocycles. The zero-order chi connectivity index (χ0) is 20.3. The number of likely N-dealkylation sites (N-methyl/N-ethyl adjacent to an activating group) is 1. The second-order valence-corrected chi connectivity index (χ2v) is 8.60. The lowest BCUT2D eigenvalue weighted by atomic mass is 9.66. The van der Waals surface area contributed by atoms with E-state index < -0.39 is 5.60 Å². The van der Waals surface area contributed by atoms with Crippen LogP contribution in [0.1, 0.15) is 49.3 Å². The lowest BCUT2D eigenvalue weighted by Gasteiger charge is -2.44. The Kier molecular flexibility index (Phi) is 6.51. The first-order chi connectivity index (χ1) is 13.3. The predicted octanol–water partition coefficient (Wildman–Crippen LogP) is 4.95. The number of benzene rings is 2. The molecule has 0 aromatic heterocycles. The van der Waals surface area contributed by atoms with Gasteiger partial charge in [0.2, 0.25) is 0 Å². The molecular weight excluding hydrogens is 356 g/mol. The molecule has 4 heteroatoms. The van der Waals surface area contributed by atoms with Crippen LogP contribution >= 0.6 is 0 Å². The van der Waals surface area contributed by atoms with E-state index in [0.29, 0.717) is 19.3 Å². The molecule has 0 unspecified atom stereocenters. The molecule has 0 heterocycles. The van der Waals surface area contributed by atoms with Crippen LogP contribution in [0.5, 0.6) is 0 Å². The van der Waals surface area contributed by atoms with Gasteiger partial charge in [0.05, 0.1) is 5.60 Å². The molecule has 0 amide bonds. The van der Waals surface area contributed by atoms with E-state index in [9.17, 15) is 13.9 Å². The summed E-state index contributed by atoms with van der Waals surface area (Å²) in [5, 5.41) is 11.5. The van der Waals surface area contributed by atoms with Crippen LogP contribution in [0.3, 0.4) is 0 Å².